The molecule has 0 saturated carbocycles. The molecule has 0 radical (unpaired) electrons. The van der Waals surface area contributed by atoms with Gasteiger partial charge in [0.25, 0.3) is 0 Å². The molecule has 1 amide bonds. The van der Waals surface area contributed by atoms with Crippen molar-refractivity contribution in [1.29, 1.82) is 0 Å². The first-order chi connectivity index (χ1) is 9.70. The molecule has 1 aliphatic rings. The van der Waals surface area contributed by atoms with Gasteiger partial charge in [-0.1, -0.05) is 6.92 Å². The molecule has 2 heterocycles. The van der Waals surface area contributed by atoms with Crippen molar-refractivity contribution in [2.45, 2.75) is 38.6 Å². The summed E-state index contributed by atoms with van der Waals surface area (Å²) in [7, 11) is 0. The molecule has 5 nitrogen and oxygen atoms in total. The zero-order valence-electron chi connectivity index (χ0n) is 12.7. The van der Waals surface area contributed by atoms with Gasteiger partial charge in [-0.15, -0.1) is 36.2 Å². The van der Waals surface area contributed by atoms with Gasteiger partial charge in [-0.3, -0.25) is 4.79 Å². The van der Waals surface area contributed by atoms with Gasteiger partial charge in [0.1, 0.15) is 0 Å². The summed E-state index contributed by atoms with van der Waals surface area (Å²) in [5, 5.41) is 3.99. The molecular formula is C14H25Cl2N3O2S. The van der Waals surface area contributed by atoms with Crippen molar-refractivity contribution in [1.82, 2.24) is 10.3 Å². The molecular weight excluding hydrogens is 345 g/mol. The average molecular weight is 370 g/mol. The number of carbonyl (C=O) groups excluding carboxylic acids is 1. The van der Waals surface area contributed by atoms with Crippen LogP contribution in [-0.4, -0.2) is 36.7 Å². The maximum Gasteiger partial charge on any atom is 0.237 e. The first-order valence-electron chi connectivity index (χ1n) is 7.25. The van der Waals surface area contributed by atoms with Crippen LogP contribution >= 0.6 is 36.2 Å². The number of halogens is 2. The van der Waals surface area contributed by atoms with Crippen molar-refractivity contribution in [2.75, 3.05) is 19.8 Å². The Kier molecular flexibility index (Phi) is 11.0. The second kappa shape index (κ2) is 11.2. The number of aromatic nitrogens is 1. The fourth-order valence-corrected chi connectivity index (χ4v) is 3.19. The van der Waals surface area contributed by atoms with Crippen LogP contribution < -0.4 is 11.1 Å². The Hall–Kier alpha value is -0.400. The first-order valence-corrected chi connectivity index (χ1v) is 8.07. The second-order valence-corrected chi connectivity index (χ2v) is 6.29. The van der Waals surface area contributed by atoms with Crippen molar-refractivity contribution >= 4 is 42.1 Å². The molecule has 8 heteroatoms. The fourth-order valence-electron chi connectivity index (χ4n) is 2.33. The lowest BCUT2D eigenvalue weighted by Gasteiger charge is -2.26. The van der Waals surface area contributed by atoms with Crippen LogP contribution in [0, 0.1) is 5.92 Å². The molecule has 128 valence electrons. The number of rotatable bonds is 6. The highest BCUT2D eigenvalue weighted by Crippen LogP contribution is 2.17. The molecule has 0 aromatic carbocycles. The molecule has 1 aliphatic heterocycles. The van der Waals surface area contributed by atoms with Crippen LogP contribution in [-0.2, 0) is 22.4 Å². The lowest BCUT2D eigenvalue weighted by atomic mass is 9.92. The molecule has 1 aromatic rings. The van der Waals surface area contributed by atoms with E-state index in [4.69, 9.17) is 10.5 Å². The Morgan fingerprint density at radius 2 is 2.18 bits per heavy atom. The lowest BCUT2D eigenvalue weighted by Crippen LogP contribution is -2.47. The van der Waals surface area contributed by atoms with E-state index in [1.165, 1.54) is 4.88 Å². The van der Waals surface area contributed by atoms with Gasteiger partial charge in [-0.2, -0.15) is 0 Å². The number of thiazole rings is 1. The van der Waals surface area contributed by atoms with Crippen molar-refractivity contribution in [2.24, 2.45) is 11.7 Å². The number of carbonyl (C=O) groups is 1. The van der Waals surface area contributed by atoms with Gasteiger partial charge in [0, 0.05) is 37.3 Å². The second-order valence-electron chi connectivity index (χ2n) is 5.09. The van der Waals surface area contributed by atoms with E-state index in [0.717, 1.165) is 30.7 Å². The molecule has 1 aromatic heterocycles. The largest absolute Gasteiger partial charge is 0.381 e. The van der Waals surface area contributed by atoms with E-state index in [9.17, 15) is 4.79 Å². The van der Waals surface area contributed by atoms with Crippen molar-refractivity contribution in [3.8, 4) is 0 Å². The van der Waals surface area contributed by atoms with Gasteiger partial charge < -0.3 is 15.8 Å². The Morgan fingerprint density at radius 1 is 1.50 bits per heavy atom. The summed E-state index contributed by atoms with van der Waals surface area (Å²) in [4.78, 5) is 17.6. The van der Waals surface area contributed by atoms with Crippen LogP contribution in [0.2, 0.25) is 0 Å². The fraction of sp³-hybridized carbons (Fsp3) is 0.714. The third-order valence-corrected chi connectivity index (χ3v) is 4.87. The molecule has 0 bridgehead atoms. The predicted octanol–water partition coefficient (Wildman–Crippen LogP) is 1.96. The summed E-state index contributed by atoms with van der Waals surface area (Å²) >= 11 is 1.71. The summed E-state index contributed by atoms with van der Waals surface area (Å²) < 4.78 is 5.29. The van der Waals surface area contributed by atoms with Gasteiger partial charge in [-0.05, 0) is 25.2 Å². The lowest BCUT2D eigenvalue weighted by molar-refractivity contribution is -0.124. The highest BCUT2D eigenvalue weighted by Gasteiger charge is 2.26. The number of ether oxygens (including phenoxy) is 1. The first kappa shape index (κ1) is 21.6. The minimum absolute atomic E-state index is 0. The summed E-state index contributed by atoms with van der Waals surface area (Å²) in [6.07, 6.45) is 5.45. The predicted molar refractivity (Wildman–Crippen MR) is 94.2 cm³/mol. The molecule has 22 heavy (non-hydrogen) atoms. The van der Waals surface area contributed by atoms with Crippen LogP contribution in [0.3, 0.4) is 0 Å². The van der Waals surface area contributed by atoms with Crippen LogP contribution in [0.4, 0.5) is 0 Å². The minimum Gasteiger partial charge on any atom is -0.381 e. The molecule has 3 N–H and O–H groups in total. The van der Waals surface area contributed by atoms with Gasteiger partial charge in [0.05, 0.1) is 11.0 Å². The monoisotopic (exact) mass is 369 g/mol. The van der Waals surface area contributed by atoms with Crippen LogP contribution in [0.5, 0.6) is 0 Å². The molecule has 1 unspecified atom stereocenters. The highest BCUT2D eigenvalue weighted by atomic mass is 35.5. The van der Waals surface area contributed by atoms with E-state index in [-0.39, 0.29) is 36.6 Å². The number of amides is 1. The van der Waals surface area contributed by atoms with Crippen molar-refractivity contribution < 1.29 is 9.53 Å². The number of nitrogens with two attached hydrogens (primary N) is 1. The Balaban J connectivity index is 0.00000220. The molecule has 2 rings (SSSR count). The zero-order chi connectivity index (χ0) is 14.4. The number of nitrogens with zero attached hydrogens (tertiary/aromatic N) is 1. The average Bonchev–Trinajstić information content (AvgIpc) is 2.95. The number of aryl methyl sites for hydroxylation is 1. The molecule has 1 fully saturated rings. The van der Waals surface area contributed by atoms with Crippen molar-refractivity contribution in [3.63, 3.8) is 0 Å². The van der Waals surface area contributed by atoms with E-state index in [0.29, 0.717) is 19.8 Å². The summed E-state index contributed by atoms with van der Waals surface area (Å²) in [6.45, 7) is 4.15. The Bertz CT molecular complexity index is 439. The number of hydrogen-bond acceptors (Lipinski definition) is 5. The van der Waals surface area contributed by atoms with Gasteiger partial charge in [-0.25, -0.2) is 4.98 Å². The SMILES string of the molecule is CCc1cnc(CCNC(=O)C(N)C2CCOCC2)s1.Cl.Cl. The van der Waals surface area contributed by atoms with E-state index in [1.54, 1.807) is 11.3 Å². The van der Waals surface area contributed by atoms with E-state index >= 15 is 0 Å². The third-order valence-electron chi connectivity index (χ3n) is 3.66. The third kappa shape index (κ3) is 6.38. The van der Waals surface area contributed by atoms with Crippen LogP contribution in [0.1, 0.15) is 29.7 Å². The van der Waals surface area contributed by atoms with Crippen LogP contribution in [0.15, 0.2) is 6.20 Å². The normalized spacial score (nSPS) is 16.3. The van der Waals surface area contributed by atoms with Gasteiger partial charge >= 0.3 is 0 Å². The Morgan fingerprint density at radius 3 is 2.77 bits per heavy atom. The van der Waals surface area contributed by atoms with Crippen molar-refractivity contribution in [3.05, 3.63) is 16.1 Å². The smallest absolute Gasteiger partial charge is 0.237 e. The summed E-state index contributed by atoms with van der Waals surface area (Å²) in [5.74, 6) is 0.194. The van der Waals surface area contributed by atoms with Gasteiger partial charge in [0.2, 0.25) is 5.91 Å². The van der Waals surface area contributed by atoms with E-state index < -0.39 is 6.04 Å². The summed E-state index contributed by atoms with van der Waals surface area (Å²) in [5.41, 5.74) is 6.02. The zero-order valence-corrected chi connectivity index (χ0v) is 15.2. The maximum absolute atomic E-state index is 12.0. The van der Waals surface area contributed by atoms with E-state index in [1.807, 2.05) is 6.20 Å². The summed E-state index contributed by atoms with van der Waals surface area (Å²) in [6, 6.07) is -0.415. The highest BCUT2D eigenvalue weighted by molar-refractivity contribution is 7.11. The topological polar surface area (TPSA) is 77.2 Å². The molecule has 1 atom stereocenters. The molecule has 0 aliphatic carbocycles. The molecule has 0 spiro atoms. The number of hydrogen-bond donors (Lipinski definition) is 2. The quantitative estimate of drug-likeness (QED) is 0.803. The molecule has 1 saturated heterocycles. The Labute approximate surface area is 148 Å². The number of nitrogens with one attached hydrogen (secondary N) is 1. The van der Waals surface area contributed by atoms with Crippen LogP contribution in [0.25, 0.3) is 0 Å². The minimum atomic E-state index is -0.415. The van der Waals surface area contributed by atoms with Gasteiger partial charge in [0.15, 0.2) is 0 Å². The van der Waals surface area contributed by atoms with E-state index in [2.05, 4.69) is 17.2 Å². The standard InChI is InChI=1S/C14H23N3O2S.2ClH/c1-2-11-9-17-12(20-11)3-6-16-14(18)13(15)10-4-7-19-8-5-10;;/h9-10,13H,2-8,15H2,1H3,(H,16,18);2*1H. The maximum atomic E-state index is 12.0.